The minimum Gasteiger partial charge on any atom is -0.329 e. The molecule has 1 saturated heterocycles. The molecule has 1 atom stereocenters. The Hall–Kier alpha value is -0.490. The zero-order valence-electron chi connectivity index (χ0n) is 12.9. The number of halogens is 2. The van der Waals surface area contributed by atoms with Crippen molar-refractivity contribution in [3.8, 4) is 0 Å². The van der Waals surface area contributed by atoms with Crippen LogP contribution >= 0.6 is 15.9 Å². The lowest BCUT2D eigenvalue weighted by atomic mass is 9.98. The van der Waals surface area contributed by atoms with E-state index in [1.165, 1.54) is 25.0 Å². The van der Waals surface area contributed by atoms with Gasteiger partial charge in [-0.05, 0) is 57.2 Å². The van der Waals surface area contributed by atoms with Crippen LogP contribution in [0.4, 0.5) is 4.39 Å². The molecule has 1 aromatic rings. The first kappa shape index (κ1) is 16.9. The van der Waals surface area contributed by atoms with Crippen molar-refractivity contribution in [2.24, 2.45) is 5.73 Å². The lowest BCUT2D eigenvalue weighted by Crippen LogP contribution is -2.46. The van der Waals surface area contributed by atoms with Crippen LogP contribution < -0.4 is 5.73 Å². The molecule has 21 heavy (non-hydrogen) atoms. The van der Waals surface area contributed by atoms with Gasteiger partial charge in [0.1, 0.15) is 5.82 Å². The van der Waals surface area contributed by atoms with Crippen LogP contribution in [0.15, 0.2) is 22.7 Å². The molecule has 1 heterocycles. The molecule has 0 saturated carbocycles. The predicted octanol–water partition coefficient (Wildman–Crippen LogP) is 3.00. The second-order valence-electron chi connectivity index (χ2n) is 5.75. The maximum atomic E-state index is 13.3. The van der Waals surface area contributed by atoms with Gasteiger partial charge < -0.3 is 10.6 Å². The van der Waals surface area contributed by atoms with Crippen LogP contribution in [0.25, 0.3) is 0 Å². The summed E-state index contributed by atoms with van der Waals surface area (Å²) in [4.78, 5) is 4.85. The normalized spacial score (nSPS) is 19.1. The van der Waals surface area contributed by atoms with Crippen molar-refractivity contribution in [3.63, 3.8) is 0 Å². The molecule has 1 aliphatic heterocycles. The molecular formula is C16H25BrFN3. The predicted molar refractivity (Wildman–Crippen MR) is 88.8 cm³/mol. The third-order valence-electron chi connectivity index (χ3n) is 4.62. The molecule has 0 bridgehead atoms. The Balaban J connectivity index is 2.10. The Labute approximate surface area is 135 Å². The number of nitrogens with two attached hydrogens (primary N) is 1. The van der Waals surface area contributed by atoms with Crippen molar-refractivity contribution in [1.29, 1.82) is 0 Å². The van der Waals surface area contributed by atoms with Gasteiger partial charge in [-0.2, -0.15) is 0 Å². The topological polar surface area (TPSA) is 32.5 Å². The average Bonchev–Trinajstić information content (AvgIpc) is 2.50. The number of hydrogen-bond acceptors (Lipinski definition) is 3. The molecule has 2 rings (SSSR count). The van der Waals surface area contributed by atoms with Gasteiger partial charge >= 0.3 is 0 Å². The van der Waals surface area contributed by atoms with E-state index in [0.717, 1.165) is 29.7 Å². The van der Waals surface area contributed by atoms with Crippen molar-refractivity contribution in [1.82, 2.24) is 9.80 Å². The second-order valence-corrected chi connectivity index (χ2v) is 6.60. The summed E-state index contributed by atoms with van der Waals surface area (Å²) in [6, 6.07) is 5.53. The molecular weight excluding hydrogens is 333 g/mol. The van der Waals surface area contributed by atoms with E-state index in [9.17, 15) is 4.39 Å². The fraction of sp³-hybridized carbons (Fsp3) is 0.625. The highest BCUT2D eigenvalue weighted by atomic mass is 79.9. The van der Waals surface area contributed by atoms with E-state index >= 15 is 0 Å². The number of likely N-dealkylation sites (tertiary alicyclic amines) is 1. The highest BCUT2D eigenvalue weighted by molar-refractivity contribution is 9.10. The van der Waals surface area contributed by atoms with E-state index in [0.29, 0.717) is 12.6 Å². The third-order valence-corrected chi connectivity index (χ3v) is 5.30. The summed E-state index contributed by atoms with van der Waals surface area (Å²) in [6.45, 7) is 6.16. The number of piperidine rings is 1. The van der Waals surface area contributed by atoms with Gasteiger partial charge in [-0.1, -0.05) is 28.9 Å². The minimum absolute atomic E-state index is 0.123. The lowest BCUT2D eigenvalue weighted by molar-refractivity contribution is 0.100. The Morgan fingerprint density at radius 3 is 2.62 bits per heavy atom. The summed E-state index contributed by atoms with van der Waals surface area (Å²) < 4.78 is 14.1. The van der Waals surface area contributed by atoms with Crippen molar-refractivity contribution >= 4 is 15.9 Å². The van der Waals surface area contributed by atoms with Crippen LogP contribution in [0, 0.1) is 5.82 Å². The van der Waals surface area contributed by atoms with E-state index in [2.05, 4.69) is 39.7 Å². The highest BCUT2D eigenvalue weighted by Gasteiger charge is 2.27. The smallest absolute Gasteiger partial charge is 0.124 e. The first-order valence-corrected chi connectivity index (χ1v) is 8.45. The summed E-state index contributed by atoms with van der Waals surface area (Å²) in [5.41, 5.74) is 7.07. The van der Waals surface area contributed by atoms with E-state index in [1.54, 1.807) is 0 Å². The first-order valence-electron chi connectivity index (χ1n) is 7.66. The lowest BCUT2D eigenvalue weighted by Gasteiger charge is -2.40. The van der Waals surface area contributed by atoms with Crippen LogP contribution in [-0.4, -0.2) is 49.1 Å². The molecule has 118 valence electrons. The quantitative estimate of drug-likeness (QED) is 0.878. The highest BCUT2D eigenvalue weighted by Crippen LogP contribution is 2.30. The SMILES string of the molecule is CCN1CCC(N(C)C(CN)c2ccc(F)cc2Br)CC1. The molecule has 0 radical (unpaired) electrons. The zero-order chi connectivity index (χ0) is 15.4. The van der Waals surface area contributed by atoms with Gasteiger partial charge in [-0.15, -0.1) is 0 Å². The number of hydrogen-bond donors (Lipinski definition) is 1. The number of rotatable bonds is 5. The fourth-order valence-corrected chi connectivity index (χ4v) is 3.80. The Morgan fingerprint density at radius 2 is 2.10 bits per heavy atom. The molecule has 0 spiro atoms. The summed E-state index contributed by atoms with van der Waals surface area (Å²) in [6.07, 6.45) is 2.33. The molecule has 1 aromatic carbocycles. The van der Waals surface area contributed by atoms with E-state index in [1.807, 2.05) is 6.07 Å². The Bertz CT molecular complexity index is 461. The van der Waals surface area contributed by atoms with Crippen LogP contribution in [-0.2, 0) is 0 Å². The molecule has 0 aromatic heterocycles. The van der Waals surface area contributed by atoms with Crippen molar-refractivity contribution < 1.29 is 4.39 Å². The van der Waals surface area contributed by atoms with Crippen molar-refractivity contribution in [3.05, 3.63) is 34.1 Å². The summed E-state index contributed by atoms with van der Waals surface area (Å²) in [5, 5.41) is 0. The fourth-order valence-electron chi connectivity index (χ4n) is 3.18. The number of benzene rings is 1. The van der Waals surface area contributed by atoms with Gasteiger partial charge in [0.05, 0.1) is 0 Å². The summed E-state index contributed by atoms with van der Waals surface area (Å²) in [7, 11) is 2.14. The van der Waals surface area contributed by atoms with Gasteiger partial charge in [0.2, 0.25) is 0 Å². The van der Waals surface area contributed by atoms with Gasteiger partial charge in [-0.3, -0.25) is 4.90 Å². The van der Waals surface area contributed by atoms with E-state index in [-0.39, 0.29) is 11.9 Å². The van der Waals surface area contributed by atoms with Crippen molar-refractivity contribution in [2.75, 3.05) is 33.2 Å². The first-order chi connectivity index (χ1) is 10.1. The number of likely N-dealkylation sites (N-methyl/N-ethyl adjacent to an activating group) is 1. The molecule has 1 fully saturated rings. The van der Waals surface area contributed by atoms with Gasteiger partial charge in [0.15, 0.2) is 0 Å². The number of nitrogens with zero attached hydrogens (tertiary/aromatic N) is 2. The molecule has 2 N–H and O–H groups in total. The van der Waals surface area contributed by atoms with Crippen LogP contribution in [0.2, 0.25) is 0 Å². The zero-order valence-corrected chi connectivity index (χ0v) is 14.4. The molecule has 3 nitrogen and oxygen atoms in total. The minimum atomic E-state index is -0.222. The molecule has 0 aliphatic carbocycles. The van der Waals surface area contributed by atoms with Crippen molar-refractivity contribution in [2.45, 2.75) is 31.8 Å². The summed E-state index contributed by atoms with van der Waals surface area (Å²) in [5.74, 6) is -0.222. The van der Waals surface area contributed by atoms with E-state index < -0.39 is 0 Å². The third kappa shape index (κ3) is 4.03. The standard InChI is InChI=1S/C16H25BrFN3/c1-3-21-8-6-13(7-9-21)20(2)16(11-19)14-5-4-12(18)10-15(14)17/h4-5,10,13,16H,3,6-9,11,19H2,1-2H3. The maximum Gasteiger partial charge on any atom is 0.124 e. The van der Waals surface area contributed by atoms with Gasteiger partial charge in [-0.25, -0.2) is 4.39 Å². The average molecular weight is 358 g/mol. The molecule has 5 heteroatoms. The van der Waals surface area contributed by atoms with Crippen LogP contribution in [0.1, 0.15) is 31.4 Å². The monoisotopic (exact) mass is 357 g/mol. The largest absolute Gasteiger partial charge is 0.329 e. The maximum absolute atomic E-state index is 13.3. The Morgan fingerprint density at radius 1 is 1.43 bits per heavy atom. The van der Waals surface area contributed by atoms with E-state index in [4.69, 9.17) is 5.73 Å². The molecule has 0 amide bonds. The van der Waals surface area contributed by atoms with Crippen LogP contribution in [0.5, 0.6) is 0 Å². The van der Waals surface area contributed by atoms with Crippen LogP contribution in [0.3, 0.4) is 0 Å². The van der Waals surface area contributed by atoms with Gasteiger partial charge in [0.25, 0.3) is 0 Å². The summed E-state index contributed by atoms with van der Waals surface area (Å²) >= 11 is 3.47. The second kappa shape index (κ2) is 7.68. The van der Waals surface area contributed by atoms with Gasteiger partial charge in [0, 0.05) is 23.1 Å². The Kier molecular flexibility index (Phi) is 6.17. The molecule has 1 aliphatic rings. The molecule has 1 unspecified atom stereocenters.